The normalized spacial score (nSPS) is 11.4. The lowest BCUT2D eigenvalue weighted by Gasteiger charge is -2.19. The number of amides is 7. The summed E-state index contributed by atoms with van der Waals surface area (Å²) in [5.41, 5.74) is 0. The number of methoxy groups -OCH3 is 4. The van der Waals surface area contributed by atoms with Gasteiger partial charge < -0.3 is 165 Å². The fourth-order valence-corrected chi connectivity index (χ4v) is 7.68. The summed E-state index contributed by atoms with van der Waals surface area (Å²) in [5, 5.41) is 18.8. The van der Waals surface area contributed by atoms with Gasteiger partial charge in [-0.25, -0.2) is 0 Å². The highest BCUT2D eigenvalue weighted by molar-refractivity contribution is 5.79. The fourth-order valence-electron chi connectivity index (χ4n) is 7.68. The molecule has 650 valence electrons. The van der Waals surface area contributed by atoms with Crippen molar-refractivity contribution in [3.8, 4) is 0 Å². The van der Waals surface area contributed by atoms with Crippen molar-refractivity contribution in [3.63, 3.8) is 0 Å². The Morgan fingerprint density at radius 2 is 0.355 bits per heavy atom. The Bertz CT molecular complexity index is 1850. The highest BCUT2D eigenvalue weighted by Gasteiger charge is 2.17. The van der Waals surface area contributed by atoms with E-state index in [1.54, 1.807) is 28.4 Å². The van der Waals surface area contributed by atoms with Gasteiger partial charge >= 0.3 is 0 Å². The summed E-state index contributed by atoms with van der Waals surface area (Å²) >= 11 is 0. The van der Waals surface area contributed by atoms with E-state index in [1.165, 1.54) is 7.05 Å². The van der Waals surface area contributed by atoms with Gasteiger partial charge in [-0.15, -0.1) is 0 Å². The molecule has 0 unspecified atom stereocenters. The largest absolute Gasteiger partial charge is 0.382 e. The van der Waals surface area contributed by atoms with E-state index in [2.05, 4.69) is 37.2 Å². The van der Waals surface area contributed by atoms with Crippen LogP contribution in [0.25, 0.3) is 0 Å². The van der Waals surface area contributed by atoms with Gasteiger partial charge in [-0.2, -0.15) is 0 Å². The molecule has 0 aromatic heterocycles. The minimum atomic E-state index is -0.633. The zero-order valence-corrected chi connectivity index (χ0v) is 65.1. The number of hydrogen-bond acceptors (Lipinski definition) is 34. The van der Waals surface area contributed by atoms with Gasteiger partial charge in [0.15, 0.2) is 0 Å². The van der Waals surface area contributed by atoms with Crippen molar-refractivity contribution < 1.29 is 161 Å². The highest BCUT2D eigenvalue weighted by Crippen LogP contribution is 2.01. The topological polar surface area (TPSA) is 453 Å². The fraction of sp³-hybridized carbons (Fsp3) is 0.899. The van der Waals surface area contributed by atoms with E-state index in [4.69, 9.17) is 128 Å². The van der Waals surface area contributed by atoms with Crippen LogP contribution < -0.4 is 37.2 Å². The molecule has 0 radical (unpaired) electrons. The second kappa shape index (κ2) is 88.2. The van der Waals surface area contributed by atoms with Crippen LogP contribution in [0.3, 0.4) is 0 Å². The van der Waals surface area contributed by atoms with Crippen LogP contribution in [-0.2, 0) is 161 Å². The predicted octanol–water partition coefficient (Wildman–Crippen LogP) is -4.86. The zero-order chi connectivity index (χ0) is 79.3. The van der Waals surface area contributed by atoms with Gasteiger partial charge in [0.2, 0.25) is 41.4 Å². The first kappa shape index (κ1) is 107. The smallest absolute Gasteiger partial charge is 0.246 e. The van der Waals surface area contributed by atoms with Crippen molar-refractivity contribution in [2.75, 3.05) is 385 Å². The molecule has 0 saturated heterocycles. The van der Waals surface area contributed by atoms with Crippen LogP contribution in [-0.4, -0.2) is 445 Å². The maximum atomic E-state index is 12.8. The molecule has 41 nitrogen and oxygen atoms in total. The molecular weight excluding hydrogens is 1470 g/mol. The molecular formula is C69H135N7O34. The van der Waals surface area contributed by atoms with Crippen molar-refractivity contribution in [1.82, 2.24) is 37.2 Å². The van der Waals surface area contributed by atoms with E-state index < -0.39 is 30.1 Å². The summed E-state index contributed by atoms with van der Waals surface area (Å²) in [6.45, 7) is 10.7. The van der Waals surface area contributed by atoms with E-state index in [1.807, 2.05) is 0 Å². The first-order valence-electron chi connectivity index (χ1n) is 36.6. The Labute approximate surface area is 649 Å². The van der Waals surface area contributed by atoms with Crippen molar-refractivity contribution in [3.05, 3.63) is 0 Å². The zero-order valence-electron chi connectivity index (χ0n) is 65.1. The van der Waals surface area contributed by atoms with Crippen LogP contribution in [0.4, 0.5) is 0 Å². The van der Waals surface area contributed by atoms with Crippen LogP contribution in [0.1, 0.15) is 7.43 Å². The number of rotatable bonds is 89. The SMILES string of the molecule is C.CNC(=O)COC(COCCOCCNC(=O)COC(COCCOCCNC(=O)COCCOCCOC)COCCOCCNC(=O)COCCOCCOC)COCCOCCNC(=O)COC(COCCOCCNC(=O)COCCOCCOC)COCCOCCNC(=O)COCCOCCOC. The van der Waals surface area contributed by atoms with Crippen LogP contribution in [0.5, 0.6) is 0 Å². The lowest BCUT2D eigenvalue weighted by Crippen LogP contribution is -2.35. The van der Waals surface area contributed by atoms with Crippen LogP contribution in [0.2, 0.25) is 0 Å². The Hall–Kier alpha value is -4.79. The highest BCUT2D eigenvalue weighted by atomic mass is 16.6. The van der Waals surface area contributed by atoms with Crippen molar-refractivity contribution in [2.45, 2.75) is 25.7 Å². The third-order valence-corrected chi connectivity index (χ3v) is 13.2. The van der Waals surface area contributed by atoms with E-state index in [0.29, 0.717) is 79.3 Å². The average molecular weight is 1610 g/mol. The molecule has 0 fully saturated rings. The maximum Gasteiger partial charge on any atom is 0.246 e. The summed E-state index contributed by atoms with van der Waals surface area (Å²) in [6, 6.07) is 0. The summed E-state index contributed by atoms with van der Waals surface area (Å²) in [4.78, 5) is 85.6. The van der Waals surface area contributed by atoms with Crippen molar-refractivity contribution >= 4 is 41.4 Å². The molecule has 7 N–H and O–H groups in total. The molecule has 0 aromatic rings. The summed E-state index contributed by atoms with van der Waals surface area (Å²) in [5.74, 6) is -2.27. The van der Waals surface area contributed by atoms with Gasteiger partial charge in [0.05, 0.1) is 264 Å². The molecule has 0 heterocycles. The molecule has 0 rings (SSSR count). The minimum Gasteiger partial charge on any atom is -0.382 e. The maximum absolute atomic E-state index is 12.8. The van der Waals surface area contributed by atoms with E-state index in [-0.39, 0.29) is 307 Å². The minimum absolute atomic E-state index is 0. The Balaban J connectivity index is 0. The standard InChI is InChI=1S/C68H131N7O34.CH4/c1-69-62(76)56-107-59(46-97-36-30-91-16-10-74-67(81)57-108-60(48-99-38-26-87-12-6-70-63(77)52-103-42-32-93-22-18-83-2)49-100-39-27-88-13-7-71-64(78)53-104-43-33-94-23-19-84-3)47-98-37-31-92-17-11-75-68(82)58-109-61(50-101-40-28-89-14-8-72-65(79)54-105-44-34-95-24-20-85-4)51-102-41-29-90-15-9-73-66(80)55-106-45-35-96-25-21-86-5;/h59-61H,6-58H2,1-5H3,(H,69,76)(H,70,77)(H,71,78)(H,72,79)(H,73,80)(H,74,81)(H,75,82);1H4. The molecule has 7 amide bonds. The lowest BCUT2D eigenvalue weighted by molar-refractivity contribution is -0.133. The molecule has 0 spiro atoms. The third-order valence-electron chi connectivity index (χ3n) is 13.2. The molecule has 0 atom stereocenters. The first-order valence-corrected chi connectivity index (χ1v) is 36.6. The monoisotopic (exact) mass is 1610 g/mol. The summed E-state index contributed by atoms with van der Waals surface area (Å²) in [7, 11) is 7.82. The predicted molar refractivity (Wildman–Crippen MR) is 392 cm³/mol. The van der Waals surface area contributed by atoms with Gasteiger partial charge in [0.25, 0.3) is 0 Å². The third kappa shape index (κ3) is 82.7. The lowest BCUT2D eigenvalue weighted by atomic mass is 10.4. The molecule has 0 bridgehead atoms. The van der Waals surface area contributed by atoms with E-state index in [9.17, 15) is 33.6 Å². The Kier molecular flexibility index (Phi) is 86.0. The van der Waals surface area contributed by atoms with Gasteiger partial charge in [-0.1, -0.05) is 7.43 Å². The van der Waals surface area contributed by atoms with Crippen LogP contribution in [0.15, 0.2) is 0 Å². The number of carbonyl (C=O) groups excluding carboxylic acids is 7. The van der Waals surface area contributed by atoms with Crippen molar-refractivity contribution in [2.24, 2.45) is 0 Å². The van der Waals surface area contributed by atoms with Gasteiger partial charge in [-0.3, -0.25) is 33.6 Å². The molecule has 41 heteroatoms. The Morgan fingerprint density at radius 3 is 0.545 bits per heavy atom. The number of carbonyl (C=O) groups is 7. The number of hydrogen-bond donors (Lipinski definition) is 7. The number of likely N-dealkylation sites (N-methyl/N-ethyl adjacent to an activating group) is 1. The second-order valence-corrected chi connectivity index (χ2v) is 22.3. The number of ether oxygens (including phenoxy) is 27. The first-order chi connectivity index (χ1) is 53.5. The Morgan fingerprint density at radius 1 is 0.200 bits per heavy atom. The molecule has 0 aromatic carbocycles. The molecule has 110 heavy (non-hydrogen) atoms. The number of nitrogens with one attached hydrogen (secondary N) is 7. The summed E-state index contributed by atoms with van der Waals surface area (Å²) in [6.07, 6.45) is -1.88. The summed E-state index contributed by atoms with van der Waals surface area (Å²) < 4.78 is 147. The molecule has 0 aliphatic heterocycles. The van der Waals surface area contributed by atoms with Gasteiger partial charge in [-0.05, 0) is 0 Å². The molecule has 0 aliphatic rings. The molecule has 0 aliphatic carbocycles. The quantitative estimate of drug-likeness (QED) is 0.0281. The van der Waals surface area contributed by atoms with Crippen molar-refractivity contribution in [1.29, 1.82) is 0 Å². The molecule has 0 saturated carbocycles. The second-order valence-electron chi connectivity index (χ2n) is 22.3. The van der Waals surface area contributed by atoms with Gasteiger partial charge in [0, 0.05) is 74.8 Å². The van der Waals surface area contributed by atoms with E-state index in [0.717, 1.165) is 0 Å². The van der Waals surface area contributed by atoms with Crippen LogP contribution in [0, 0.1) is 0 Å². The van der Waals surface area contributed by atoms with E-state index >= 15 is 0 Å². The van der Waals surface area contributed by atoms with Crippen LogP contribution >= 0.6 is 0 Å². The van der Waals surface area contributed by atoms with Gasteiger partial charge in [0.1, 0.15) is 64.6 Å². The average Bonchev–Trinajstić information content (AvgIpc) is 1.09.